The van der Waals surface area contributed by atoms with Crippen LogP contribution in [0, 0.1) is 10.1 Å². The van der Waals surface area contributed by atoms with Crippen LogP contribution in [0.25, 0.3) is 0 Å². The van der Waals surface area contributed by atoms with E-state index in [4.69, 9.17) is 16.7 Å². The molecular weight excluding hydrogens is 266 g/mol. The smallest absolute Gasteiger partial charge is 0.316 e. The molecule has 0 amide bonds. The van der Waals surface area contributed by atoms with Gasteiger partial charge in [-0.05, 0) is 13.0 Å². The first-order chi connectivity index (χ1) is 7.93. The molecule has 1 atom stereocenters. The summed E-state index contributed by atoms with van der Waals surface area (Å²) in [4.78, 5) is 20.9. The first-order valence-electron chi connectivity index (χ1n) is 4.69. The number of halogens is 1. The number of benzene rings is 1. The number of carboxylic acid groups (broad SMARTS) is 1. The molecule has 0 aromatic heterocycles. The Bertz CT molecular complexity index is 452. The Morgan fingerprint density at radius 1 is 1.65 bits per heavy atom. The molecule has 0 fully saturated rings. The number of nitrogens with zero attached hydrogens (tertiary/aromatic N) is 1. The summed E-state index contributed by atoms with van der Waals surface area (Å²) in [6.45, 7) is 1.52. The van der Waals surface area contributed by atoms with Gasteiger partial charge in [0.15, 0.2) is 0 Å². The van der Waals surface area contributed by atoms with Gasteiger partial charge < -0.3 is 5.11 Å². The van der Waals surface area contributed by atoms with Crippen molar-refractivity contribution in [3.05, 3.63) is 38.9 Å². The van der Waals surface area contributed by atoms with Gasteiger partial charge in [0.05, 0.1) is 20.8 Å². The van der Waals surface area contributed by atoms with Gasteiger partial charge in [0.1, 0.15) is 0 Å². The lowest BCUT2D eigenvalue weighted by Crippen LogP contribution is -2.11. The fourth-order valence-electron chi connectivity index (χ4n) is 1.14. The van der Waals surface area contributed by atoms with Crippen LogP contribution in [0.3, 0.4) is 0 Å². The van der Waals surface area contributed by atoms with E-state index in [-0.39, 0.29) is 16.5 Å². The Hall–Kier alpha value is -1.27. The maximum absolute atomic E-state index is 10.8. The zero-order valence-electron chi connectivity index (χ0n) is 8.92. The van der Waals surface area contributed by atoms with Crippen LogP contribution >= 0.6 is 23.4 Å². The molecule has 0 heterocycles. The summed E-state index contributed by atoms with van der Waals surface area (Å²) in [5.41, 5.74) is 0.278. The molecule has 0 aliphatic heterocycles. The first-order valence-corrected chi connectivity index (χ1v) is 6.12. The number of thioether (sulfide) groups is 1. The number of carbonyl (C=O) groups is 1. The third-order valence-corrected chi connectivity index (χ3v) is 3.63. The second-order valence-electron chi connectivity index (χ2n) is 3.29. The van der Waals surface area contributed by atoms with Gasteiger partial charge in [-0.15, -0.1) is 11.8 Å². The van der Waals surface area contributed by atoms with Gasteiger partial charge in [0.25, 0.3) is 5.69 Å². The van der Waals surface area contributed by atoms with Crippen molar-refractivity contribution in [2.24, 2.45) is 0 Å². The Kier molecular flexibility index (Phi) is 4.77. The minimum atomic E-state index is -0.954. The van der Waals surface area contributed by atoms with Crippen molar-refractivity contribution in [3.8, 4) is 0 Å². The molecule has 17 heavy (non-hydrogen) atoms. The average Bonchev–Trinajstić information content (AvgIpc) is 2.26. The van der Waals surface area contributed by atoms with Crippen LogP contribution in [0.5, 0.6) is 0 Å². The van der Waals surface area contributed by atoms with Crippen LogP contribution in [0.2, 0.25) is 5.02 Å². The van der Waals surface area contributed by atoms with Crippen molar-refractivity contribution in [2.75, 3.05) is 0 Å². The van der Waals surface area contributed by atoms with Crippen LogP contribution in [-0.2, 0) is 10.5 Å². The Balaban J connectivity index is 2.90. The molecule has 0 saturated heterocycles. The maximum atomic E-state index is 10.8. The van der Waals surface area contributed by atoms with E-state index >= 15 is 0 Å². The highest BCUT2D eigenvalue weighted by atomic mass is 35.5. The molecule has 92 valence electrons. The molecule has 0 spiro atoms. The highest BCUT2D eigenvalue weighted by Crippen LogP contribution is 2.31. The molecule has 7 heteroatoms. The molecule has 5 nitrogen and oxygen atoms in total. The summed E-state index contributed by atoms with van der Waals surface area (Å²) >= 11 is 6.97. The lowest BCUT2D eigenvalue weighted by Gasteiger charge is -2.07. The lowest BCUT2D eigenvalue weighted by molar-refractivity contribution is -0.385. The Morgan fingerprint density at radius 2 is 2.29 bits per heavy atom. The average molecular weight is 276 g/mol. The molecule has 0 bridgehead atoms. The predicted molar refractivity (Wildman–Crippen MR) is 66.5 cm³/mol. The summed E-state index contributed by atoms with van der Waals surface area (Å²) < 4.78 is 0. The van der Waals surface area contributed by atoms with E-state index < -0.39 is 16.1 Å². The van der Waals surface area contributed by atoms with E-state index in [1.165, 1.54) is 19.1 Å². The highest BCUT2D eigenvalue weighted by Gasteiger charge is 2.19. The lowest BCUT2D eigenvalue weighted by atomic mass is 10.2. The van der Waals surface area contributed by atoms with Gasteiger partial charge in [-0.2, -0.15) is 0 Å². The molecule has 0 saturated carbocycles. The standard InChI is InChI=1S/C10H10ClNO4S/c1-6(10(13)14)17-5-7-8(11)3-2-4-9(7)12(15)16/h2-4,6H,5H2,1H3,(H,13,14). The molecule has 1 N–H and O–H groups in total. The Morgan fingerprint density at radius 3 is 2.82 bits per heavy atom. The maximum Gasteiger partial charge on any atom is 0.316 e. The first kappa shape index (κ1) is 13.8. The van der Waals surface area contributed by atoms with Crippen LogP contribution in [0.15, 0.2) is 18.2 Å². The quantitative estimate of drug-likeness (QED) is 0.660. The van der Waals surface area contributed by atoms with E-state index in [0.717, 1.165) is 11.8 Å². The number of aliphatic carboxylic acids is 1. The fourth-order valence-corrected chi connectivity index (χ4v) is 2.32. The van der Waals surface area contributed by atoms with Gasteiger partial charge in [-0.1, -0.05) is 17.7 Å². The second kappa shape index (κ2) is 5.88. The topological polar surface area (TPSA) is 80.4 Å². The molecule has 1 aromatic carbocycles. The van der Waals surface area contributed by atoms with E-state index in [1.54, 1.807) is 6.07 Å². The third kappa shape index (κ3) is 3.61. The minimum absolute atomic E-state index is 0.0809. The van der Waals surface area contributed by atoms with Crippen LogP contribution in [0.1, 0.15) is 12.5 Å². The van der Waals surface area contributed by atoms with Crippen molar-refractivity contribution < 1.29 is 14.8 Å². The van der Waals surface area contributed by atoms with Crippen molar-refractivity contribution in [2.45, 2.75) is 17.9 Å². The molecule has 1 aromatic rings. The second-order valence-corrected chi connectivity index (χ2v) is 5.02. The van der Waals surface area contributed by atoms with Gasteiger partial charge in [-0.3, -0.25) is 14.9 Å². The zero-order valence-corrected chi connectivity index (χ0v) is 10.5. The van der Waals surface area contributed by atoms with Crippen molar-refractivity contribution >= 4 is 35.0 Å². The summed E-state index contributed by atoms with van der Waals surface area (Å²) in [6.07, 6.45) is 0. The number of hydrogen-bond acceptors (Lipinski definition) is 4. The van der Waals surface area contributed by atoms with Gasteiger partial charge in [0.2, 0.25) is 0 Å². The fraction of sp³-hybridized carbons (Fsp3) is 0.300. The summed E-state index contributed by atoms with van der Waals surface area (Å²) in [5.74, 6) is -0.756. The number of hydrogen-bond donors (Lipinski definition) is 1. The molecule has 1 rings (SSSR count). The molecule has 0 aliphatic rings. The largest absolute Gasteiger partial charge is 0.480 e. The van der Waals surface area contributed by atoms with E-state index in [9.17, 15) is 14.9 Å². The van der Waals surface area contributed by atoms with E-state index in [2.05, 4.69) is 0 Å². The summed E-state index contributed by atoms with van der Waals surface area (Å²) in [5, 5.41) is 19.1. The summed E-state index contributed by atoms with van der Waals surface area (Å²) in [7, 11) is 0. The van der Waals surface area contributed by atoms with Crippen molar-refractivity contribution in [1.82, 2.24) is 0 Å². The van der Waals surface area contributed by atoms with E-state index in [0.29, 0.717) is 5.56 Å². The minimum Gasteiger partial charge on any atom is -0.480 e. The zero-order chi connectivity index (χ0) is 13.0. The Labute approximate surface area is 107 Å². The highest BCUT2D eigenvalue weighted by molar-refractivity contribution is 7.99. The van der Waals surface area contributed by atoms with Crippen molar-refractivity contribution in [3.63, 3.8) is 0 Å². The summed E-state index contributed by atoms with van der Waals surface area (Å²) in [6, 6.07) is 4.40. The third-order valence-electron chi connectivity index (χ3n) is 2.12. The van der Waals surface area contributed by atoms with Gasteiger partial charge in [-0.25, -0.2) is 0 Å². The number of rotatable bonds is 5. The van der Waals surface area contributed by atoms with Gasteiger partial charge in [0, 0.05) is 11.8 Å². The molecular formula is C10H10ClNO4S. The monoisotopic (exact) mass is 275 g/mol. The number of carboxylic acids is 1. The SMILES string of the molecule is CC(SCc1c(Cl)cccc1[N+](=O)[O-])C(=O)O. The van der Waals surface area contributed by atoms with Crippen LogP contribution in [-0.4, -0.2) is 21.2 Å². The molecule has 1 unspecified atom stereocenters. The van der Waals surface area contributed by atoms with E-state index in [1.807, 2.05) is 0 Å². The predicted octanol–water partition coefficient (Wildman–Crippen LogP) is 2.95. The van der Waals surface area contributed by atoms with Crippen LogP contribution < -0.4 is 0 Å². The molecule has 0 radical (unpaired) electrons. The van der Waals surface area contributed by atoms with Crippen molar-refractivity contribution in [1.29, 1.82) is 0 Å². The number of nitro benzene ring substituents is 1. The van der Waals surface area contributed by atoms with Crippen LogP contribution in [0.4, 0.5) is 5.69 Å². The van der Waals surface area contributed by atoms with Gasteiger partial charge >= 0.3 is 5.97 Å². The molecule has 0 aliphatic carbocycles. The number of nitro groups is 1. The normalized spacial score (nSPS) is 12.1.